The van der Waals surface area contributed by atoms with Crippen LogP contribution >= 0.6 is 0 Å². The minimum absolute atomic E-state index is 0.0344. The Morgan fingerprint density at radius 2 is 1.58 bits per heavy atom. The van der Waals surface area contributed by atoms with Gasteiger partial charge in [0.2, 0.25) is 0 Å². The molecule has 31 heavy (non-hydrogen) atoms. The third-order valence-corrected chi connectivity index (χ3v) is 6.07. The van der Waals surface area contributed by atoms with Crippen molar-refractivity contribution < 1.29 is 4.79 Å². The standard InChI is InChI=1S/C27H27N3O/c1-20-8-9-21(2)25(18-20)26(23-6-4-3-5-7-23)29-14-16-30(17-15-29)27(31)24-12-10-22(19-28)11-13-24/h3-13,18,26H,14-17H2,1-2H3/t26-/m1/s1. The zero-order valence-electron chi connectivity index (χ0n) is 18.1. The van der Waals surface area contributed by atoms with Crippen LogP contribution in [0.3, 0.4) is 0 Å². The highest BCUT2D eigenvalue weighted by Crippen LogP contribution is 2.32. The molecule has 1 aliphatic rings. The largest absolute Gasteiger partial charge is 0.336 e. The quantitative estimate of drug-likeness (QED) is 0.626. The van der Waals surface area contributed by atoms with Crippen LogP contribution in [0.15, 0.2) is 72.8 Å². The maximum atomic E-state index is 12.9. The fourth-order valence-electron chi connectivity index (χ4n) is 4.33. The van der Waals surface area contributed by atoms with E-state index >= 15 is 0 Å². The first-order valence-electron chi connectivity index (χ1n) is 10.7. The van der Waals surface area contributed by atoms with Crippen molar-refractivity contribution in [1.82, 2.24) is 9.80 Å². The van der Waals surface area contributed by atoms with E-state index in [2.05, 4.69) is 73.3 Å². The Bertz CT molecular complexity index is 1090. The molecule has 1 atom stereocenters. The summed E-state index contributed by atoms with van der Waals surface area (Å²) in [6, 6.07) is 26.5. The number of carbonyl (C=O) groups excluding carboxylic acids is 1. The van der Waals surface area contributed by atoms with Gasteiger partial charge in [0, 0.05) is 31.7 Å². The lowest BCUT2D eigenvalue weighted by atomic mass is 9.92. The predicted octanol–water partition coefficient (Wildman–Crippen LogP) is 4.72. The third kappa shape index (κ3) is 4.52. The number of nitriles is 1. The van der Waals surface area contributed by atoms with Gasteiger partial charge in [-0.1, -0.05) is 54.1 Å². The minimum Gasteiger partial charge on any atom is -0.336 e. The monoisotopic (exact) mass is 409 g/mol. The molecule has 0 spiro atoms. The zero-order valence-corrected chi connectivity index (χ0v) is 18.1. The molecule has 4 heteroatoms. The van der Waals surface area contributed by atoms with Crippen molar-refractivity contribution in [2.24, 2.45) is 0 Å². The van der Waals surface area contributed by atoms with E-state index < -0.39 is 0 Å². The molecule has 0 aliphatic carbocycles. The summed E-state index contributed by atoms with van der Waals surface area (Å²) in [7, 11) is 0. The van der Waals surface area contributed by atoms with Gasteiger partial charge in [0.05, 0.1) is 17.7 Å². The van der Waals surface area contributed by atoms with Crippen LogP contribution in [0.25, 0.3) is 0 Å². The van der Waals surface area contributed by atoms with Gasteiger partial charge in [-0.05, 0) is 54.8 Å². The number of amides is 1. The molecule has 1 amide bonds. The van der Waals surface area contributed by atoms with E-state index in [1.54, 1.807) is 24.3 Å². The molecule has 1 heterocycles. The zero-order chi connectivity index (χ0) is 21.8. The van der Waals surface area contributed by atoms with Gasteiger partial charge in [-0.15, -0.1) is 0 Å². The fraction of sp³-hybridized carbons (Fsp3) is 0.259. The SMILES string of the molecule is Cc1ccc(C)c([C@@H](c2ccccc2)N2CCN(C(=O)c3ccc(C#N)cc3)CC2)c1. The first kappa shape index (κ1) is 20.8. The Balaban J connectivity index is 1.54. The molecule has 3 aromatic carbocycles. The van der Waals surface area contributed by atoms with E-state index in [-0.39, 0.29) is 11.9 Å². The number of benzene rings is 3. The molecule has 0 saturated carbocycles. The Morgan fingerprint density at radius 1 is 0.903 bits per heavy atom. The van der Waals surface area contributed by atoms with E-state index in [4.69, 9.17) is 5.26 Å². The number of carbonyl (C=O) groups is 1. The maximum Gasteiger partial charge on any atom is 0.253 e. The molecule has 3 aromatic rings. The van der Waals surface area contributed by atoms with Crippen LogP contribution in [0.2, 0.25) is 0 Å². The van der Waals surface area contributed by atoms with Gasteiger partial charge in [0.25, 0.3) is 5.91 Å². The van der Waals surface area contributed by atoms with Gasteiger partial charge < -0.3 is 4.90 Å². The second-order valence-electron chi connectivity index (χ2n) is 8.19. The number of rotatable bonds is 4. The van der Waals surface area contributed by atoms with E-state index in [1.807, 2.05) is 4.90 Å². The van der Waals surface area contributed by atoms with E-state index in [0.29, 0.717) is 24.2 Å². The lowest BCUT2D eigenvalue weighted by Crippen LogP contribution is -2.50. The predicted molar refractivity (Wildman–Crippen MR) is 123 cm³/mol. The van der Waals surface area contributed by atoms with Crippen molar-refractivity contribution >= 4 is 5.91 Å². The number of aryl methyl sites for hydroxylation is 2. The molecule has 1 fully saturated rings. The summed E-state index contributed by atoms with van der Waals surface area (Å²) in [5.41, 5.74) is 6.37. The number of nitrogens with zero attached hydrogens (tertiary/aromatic N) is 3. The lowest BCUT2D eigenvalue weighted by molar-refractivity contribution is 0.0597. The van der Waals surface area contributed by atoms with Gasteiger partial charge in [0.15, 0.2) is 0 Å². The van der Waals surface area contributed by atoms with Gasteiger partial charge in [-0.25, -0.2) is 0 Å². The van der Waals surface area contributed by atoms with Crippen LogP contribution < -0.4 is 0 Å². The summed E-state index contributed by atoms with van der Waals surface area (Å²) in [6.07, 6.45) is 0. The third-order valence-electron chi connectivity index (χ3n) is 6.07. The van der Waals surface area contributed by atoms with Crippen LogP contribution in [0.5, 0.6) is 0 Å². The highest BCUT2D eigenvalue weighted by atomic mass is 16.2. The summed E-state index contributed by atoms with van der Waals surface area (Å²) < 4.78 is 0. The molecule has 4 rings (SSSR count). The van der Waals surface area contributed by atoms with Crippen LogP contribution in [-0.2, 0) is 0 Å². The molecule has 0 N–H and O–H groups in total. The van der Waals surface area contributed by atoms with Crippen molar-refractivity contribution in [1.29, 1.82) is 5.26 Å². The normalized spacial score (nSPS) is 15.3. The Morgan fingerprint density at radius 3 is 2.23 bits per heavy atom. The van der Waals surface area contributed by atoms with E-state index in [9.17, 15) is 4.79 Å². The minimum atomic E-state index is 0.0344. The summed E-state index contributed by atoms with van der Waals surface area (Å²) >= 11 is 0. The van der Waals surface area contributed by atoms with Gasteiger partial charge in [-0.3, -0.25) is 9.69 Å². The van der Waals surface area contributed by atoms with Crippen molar-refractivity contribution in [3.05, 3.63) is 106 Å². The van der Waals surface area contributed by atoms with Crippen molar-refractivity contribution in [2.75, 3.05) is 26.2 Å². The summed E-state index contributed by atoms with van der Waals surface area (Å²) in [4.78, 5) is 17.3. The number of hydrogen-bond donors (Lipinski definition) is 0. The van der Waals surface area contributed by atoms with Crippen LogP contribution in [0, 0.1) is 25.2 Å². The van der Waals surface area contributed by atoms with Crippen molar-refractivity contribution in [2.45, 2.75) is 19.9 Å². The number of piperazine rings is 1. The number of hydrogen-bond acceptors (Lipinski definition) is 3. The molecule has 4 nitrogen and oxygen atoms in total. The molecule has 0 bridgehead atoms. The molecule has 0 radical (unpaired) electrons. The maximum absolute atomic E-state index is 12.9. The molecule has 0 unspecified atom stereocenters. The molecular formula is C27H27N3O. The highest BCUT2D eigenvalue weighted by Gasteiger charge is 2.29. The summed E-state index contributed by atoms with van der Waals surface area (Å²) in [5.74, 6) is 0.0344. The van der Waals surface area contributed by atoms with Crippen LogP contribution in [0.1, 0.15) is 44.2 Å². The Labute approximate surface area is 184 Å². The van der Waals surface area contributed by atoms with Gasteiger partial charge in [0.1, 0.15) is 0 Å². The van der Waals surface area contributed by atoms with Crippen molar-refractivity contribution in [3.63, 3.8) is 0 Å². The molecule has 156 valence electrons. The smallest absolute Gasteiger partial charge is 0.253 e. The molecule has 0 aromatic heterocycles. The van der Waals surface area contributed by atoms with Crippen LogP contribution in [-0.4, -0.2) is 41.9 Å². The van der Waals surface area contributed by atoms with Crippen LogP contribution in [0.4, 0.5) is 0 Å². The van der Waals surface area contributed by atoms with E-state index in [0.717, 1.165) is 13.1 Å². The first-order chi connectivity index (χ1) is 15.1. The Kier molecular flexibility index (Phi) is 6.16. The van der Waals surface area contributed by atoms with Crippen molar-refractivity contribution in [3.8, 4) is 6.07 Å². The summed E-state index contributed by atoms with van der Waals surface area (Å²) in [6.45, 7) is 7.32. The Hall–Kier alpha value is -3.42. The van der Waals surface area contributed by atoms with E-state index in [1.165, 1.54) is 22.3 Å². The lowest BCUT2D eigenvalue weighted by Gasteiger charge is -2.40. The summed E-state index contributed by atoms with van der Waals surface area (Å²) in [5, 5.41) is 8.97. The second kappa shape index (κ2) is 9.16. The van der Waals surface area contributed by atoms with Gasteiger partial charge in [-0.2, -0.15) is 5.26 Å². The molecule has 1 aliphatic heterocycles. The molecular weight excluding hydrogens is 382 g/mol. The topological polar surface area (TPSA) is 47.3 Å². The average Bonchev–Trinajstić information content (AvgIpc) is 2.82. The first-order valence-corrected chi connectivity index (χ1v) is 10.7. The average molecular weight is 410 g/mol. The highest BCUT2D eigenvalue weighted by molar-refractivity contribution is 5.94. The molecule has 1 saturated heterocycles. The van der Waals surface area contributed by atoms with Gasteiger partial charge >= 0.3 is 0 Å². The second-order valence-corrected chi connectivity index (χ2v) is 8.19. The fourth-order valence-corrected chi connectivity index (χ4v) is 4.33.